The van der Waals surface area contributed by atoms with E-state index in [1.807, 2.05) is 55.5 Å². The third-order valence-corrected chi connectivity index (χ3v) is 4.55. The Kier molecular flexibility index (Phi) is 3.98. The van der Waals surface area contributed by atoms with Gasteiger partial charge in [0.2, 0.25) is 5.91 Å². The molecule has 0 bridgehead atoms. The zero-order chi connectivity index (χ0) is 17.2. The van der Waals surface area contributed by atoms with Gasteiger partial charge < -0.3 is 5.32 Å². The Morgan fingerprint density at radius 3 is 2.80 bits per heavy atom. The molecular formula is C20H18N4O. The van der Waals surface area contributed by atoms with Crippen molar-refractivity contribution < 1.29 is 4.79 Å². The van der Waals surface area contributed by atoms with Gasteiger partial charge in [-0.05, 0) is 55.3 Å². The first-order valence-corrected chi connectivity index (χ1v) is 8.33. The van der Waals surface area contributed by atoms with Crippen molar-refractivity contribution in [2.24, 2.45) is 5.92 Å². The average Bonchev–Trinajstić information content (AvgIpc) is 3.46. The summed E-state index contributed by atoms with van der Waals surface area (Å²) in [6.45, 7) is 2.02. The molecule has 1 amide bonds. The third-order valence-electron chi connectivity index (χ3n) is 4.55. The highest BCUT2D eigenvalue weighted by Crippen LogP contribution is 2.47. The first kappa shape index (κ1) is 15.4. The van der Waals surface area contributed by atoms with Gasteiger partial charge in [0.15, 0.2) is 0 Å². The Bertz CT molecular complexity index is 896. The largest absolute Gasteiger partial charge is 0.326 e. The Morgan fingerprint density at radius 1 is 1.12 bits per heavy atom. The van der Waals surface area contributed by atoms with E-state index in [4.69, 9.17) is 0 Å². The second-order valence-corrected chi connectivity index (χ2v) is 6.33. The van der Waals surface area contributed by atoms with Gasteiger partial charge in [-0.2, -0.15) is 10.2 Å². The summed E-state index contributed by atoms with van der Waals surface area (Å²) in [7, 11) is 0. The highest BCUT2D eigenvalue weighted by molar-refractivity contribution is 5.95. The molecule has 5 nitrogen and oxygen atoms in total. The fourth-order valence-electron chi connectivity index (χ4n) is 3.06. The van der Waals surface area contributed by atoms with Gasteiger partial charge in [-0.1, -0.05) is 12.1 Å². The fraction of sp³-hybridized carbons (Fsp3) is 0.200. The lowest BCUT2D eigenvalue weighted by molar-refractivity contribution is -0.117. The number of carbonyl (C=O) groups excluding carboxylic acids is 1. The molecule has 5 heteroatoms. The quantitative estimate of drug-likeness (QED) is 0.794. The van der Waals surface area contributed by atoms with Gasteiger partial charge in [0, 0.05) is 41.2 Å². The van der Waals surface area contributed by atoms with E-state index in [1.54, 1.807) is 12.4 Å². The van der Waals surface area contributed by atoms with Crippen LogP contribution >= 0.6 is 0 Å². The van der Waals surface area contributed by atoms with E-state index in [0.717, 1.165) is 34.6 Å². The summed E-state index contributed by atoms with van der Waals surface area (Å²) in [5.74, 6) is 0.270. The Labute approximate surface area is 146 Å². The van der Waals surface area contributed by atoms with Gasteiger partial charge >= 0.3 is 0 Å². The maximum Gasteiger partial charge on any atom is 0.228 e. The SMILES string of the molecule is Cc1ccc(NC(=O)[C@H]2C[C@H]2c2ccccn2)cc1-c1cccnn1. The molecule has 1 saturated carbocycles. The van der Waals surface area contributed by atoms with Crippen LogP contribution in [0, 0.1) is 12.8 Å². The van der Waals surface area contributed by atoms with Crippen LogP contribution in [0.3, 0.4) is 0 Å². The summed E-state index contributed by atoms with van der Waals surface area (Å²) in [5, 5.41) is 11.1. The second kappa shape index (κ2) is 6.43. The molecule has 2 heterocycles. The lowest BCUT2D eigenvalue weighted by Crippen LogP contribution is -2.14. The Morgan fingerprint density at radius 2 is 2.04 bits per heavy atom. The molecule has 0 unspecified atom stereocenters. The number of benzene rings is 1. The maximum atomic E-state index is 12.5. The summed E-state index contributed by atoms with van der Waals surface area (Å²) in [6.07, 6.45) is 4.27. The predicted octanol–water partition coefficient (Wildman–Crippen LogP) is 3.59. The molecule has 2 aromatic heterocycles. The predicted molar refractivity (Wildman–Crippen MR) is 95.9 cm³/mol. The highest BCUT2D eigenvalue weighted by Gasteiger charge is 2.44. The minimum Gasteiger partial charge on any atom is -0.326 e. The Hall–Kier alpha value is -3.08. The van der Waals surface area contributed by atoms with E-state index in [-0.39, 0.29) is 17.7 Å². The van der Waals surface area contributed by atoms with E-state index in [2.05, 4.69) is 20.5 Å². The van der Waals surface area contributed by atoms with Crippen LogP contribution in [0.1, 0.15) is 23.6 Å². The Balaban J connectivity index is 1.49. The van der Waals surface area contributed by atoms with Crippen LogP contribution in [-0.2, 0) is 4.79 Å². The van der Waals surface area contributed by atoms with Crippen LogP contribution in [0.15, 0.2) is 60.9 Å². The minimum atomic E-state index is -0.00355. The zero-order valence-electron chi connectivity index (χ0n) is 13.9. The number of nitrogens with zero attached hydrogens (tertiary/aromatic N) is 3. The molecule has 1 N–H and O–H groups in total. The van der Waals surface area contributed by atoms with Crippen LogP contribution in [-0.4, -0.2) is 21.1 Å². The number of amides is 1. The van der Waals surface area contributed by atoms with E-state index < -0.39 is 0 Å². The van der Waals surface area contributed by atoms with Crippen molar-refractivity contribution in [3.8, 4) is 11.3 Å². The normalized spacial score (nSPS) is 18.6. The summed E-state index contributed by atoms with van der Waals surface area (Å²) in [5.41, 5.74) is 4.64. The smallest absolute Gasteiger partial charge is 0.228 e. The third kappa shape index (κ3) is 3.26. The van der Waals surface area contributed by atoms with Gasteiger partial charge in [0.1, 0.15) is 0 Å². The molecule has 0 saturated heterocycles. The van der Waals surface area contributed by atoms with Gasteiger partial charge in [-0.25, -0.2) is 0 Å². The van der Waals surface area contributed by atoms with E-state index in [1.165, 1.54) is 0 Å². The maximum absolute atomic E-state index is 12.5. The number of carbonyl (C=O) groups is 1. The molecule has 4 rings (SSSR count). The number of aromatic nitrogens is 3. The fourth-order valence-corrected chi connectivity index (χ4v) is 3.06. The zero-order valence-corrected chi connectivity index (χ0v) is 13.9. The van der Waals surface area contributed by atoms with Crippen molar-refractivity contribution in [1.82, 2.24) is 15.2 Å². The number of rotatable bonds is 4. The lowest BCUT2D eigenvalue weighted by atomic mass is 10.0. The molecule has 3 aromatic rings. The molecular weight excluding hydrogens is 312 g/mol. The number of anilines is 1. The first-order chi connectivity index (χ1) is 12.2. The number of hydrogen-bond acceptors (Lipinski definition) is 4. The van der Waals surface area contributed by atoms with Crippen LogP contribution in [0.25, 0.3) is 11.3 Å². The summed E-state index contributed by atoms with van der Waals surface area (Å²) in [4.78, 5) is 16.9. The lowest BCUT2D eigenvalue weighted by Gasteiger charge is -2.09. The molecule has 0 radical (unpaired) electrons. The molecule has 0 spiro atoms. The van der Waals surface area contributed by atoms with E-state index >= 15 is 0 Å². The van der Waals surface area contributed by atoms with E-state index in [0.29, 0.717) is 0 Å². The number of hydrogen-bond donors (Lipinski definition) is 1. The van der Waals surface area contributed by atoms with Crippen LogP contribution in [0.2, 0.25) is 0 Å². The number of nitrogens with one attached hydrogen (secondary N) is 1. The van der Waals surface area contributed by atoms with Gasteiger partial charge in [-0.15, -0.1) is 0 Å². The molecule has 25 heavy (non-hydrogen) atoms. The monoisotopic (exact) mass is 330 g/mol. The molecule has 2 atom stereocenters. The standard InChI is InChI=1S/C20H18N4O/c1-13-7-8-14(11-15(13)19-6-4-10-22-24-19)23-20(25)17-12-16(17)18-5-2-3-9-21-18/h2-11,16-17H,12H2,1H3,(H,23,25)/t16-,17+/m1/s1. The molecule has 1 aromatic carbocycles. The summed E-state index contributed by atoms with van der Waals surface area (Å²) >= 11 is 0. The van der Waals surface area contributed by atoms with Crippen LogP contribution < -0.4 is 5.32 Å². The van der Waals surface area contributed by atoms with Crippen molar-refractivity contribution in [1.29, 1.82) is 0 Å². The van der Waals surface area contributed by atoms with Gasteiger partial charge in [-0.3, -0.25) is 9.78 Å². The van der Waals surface area contributed by atoms with Crippen LogP contribution in [0.4, 0.5) is 5.69 Å². The van der Waals surface area contributed by atoms with Crippen molar-refractivity contribution in [3.63, 3.8) is 0 Å². The number of aryl methyl sites for hydroxylation is 1. The van der Waals surface area contributed by atoms with Crippen LogP contribution in [0.5, 0.6) is 0 Å². The minimum absolute atomic E-state index is 0.00355. The van der Waals surface area contributed by atoms with Gasteiger partial charge in [0.25, 0.3) is 0 Å². The number of pyridine rings is 1. The summed E-state index contributed by atoms with van der Waals surface area (Å²) in [6, 6.07) is 15.5. The first-order valence-electron chi connectivity index (χ1n) is 8.33. The topological polar surface area (TPSA) is 67.8 Å². The van der Waals surface area contributed by atoms with Crippen molar-refractivity contribution in [2.75, 3.05) is 5.32 Å². The molecule has 1 aliphatic carbocycles. The van der Waals surface area contributed by atoms with Gasteiger partial charge in [0.05, 0.1) is 5.69 Å². The average molecular weight is 330 g/mol. The molecule has 1 fully saturated rings. The molecule has 124 valence electrons. The molecule has 1 aliphatic rings. The summed E-state index contributed by atoms with van der Waals surface area (Å²) < 4.78 is 0. The van der Waals surface area contributed by atoms with Crippen molar-refractivity contribution >= 4 is 11.6 Å². The highest BCUT2D eigenvalue weighted by atomic mass is 16.2. The van der Waals surface area contributed by atoms with Crippen molar-refractivity contribution in [2.45, 2.75) is 19.3 Å². The molecule has 0 aliphatic heterocycles. The van der Waals surface area contributed by atoms with Crippen molar-refractivity contribution in [3.05, 3.63) is 72.2 Å². The van der Waals surface area contributed by atoms with E-state index in [9.17, 15) is 4.79 Å². The second-order valence-electron chi connectivity index (χ2n) is 6.33.